The first kappa shape index (κ1) is 45.1. The van der Waals surface area contributed by atoms with Crippen molar-refractivity contribution in [3.05, 3.63) is 134 Å². The lowest BCUT2D eigenvalue weighted by Crippen LogP contribution is -2.72. The number of nitrogens with zero attached hydrogens (tertiary/aromatic N) is 2. The van der Waals surface area contributed by atoms with Crippen LogP contribution in [0.2, 0.25) is 18.1 Å². The number of ether oxygens (including phenoxy) is 1. The number of ketones is 1. The van der Waals surface area contributed by atoms with Gasteiger partial charge in [-0.3, -0.25) is 18.8 Å². The van der Waals surface area contributed by atoms with Crippen LogP contribution in [0.1, 0.15) is 58.6 Å². The van der Waals surface area contributed by atoms with Gasteiger partial charge in [-0.25, -0.2) is 4.79 Å². The van der Waals surface area contributed by atoms with E-state index in [0.717, 1.165) is 22.2 Å². The summed E-state index contributed by atoms with van der Waals surface area (Å²) < 4.78 is 44.3. The maximum atomic E-state index is 15.5. The van der Waals surface area contributed by atoms with E-state index in [-0.39, 0.29) is 28.8 Å². The molecule has 0 radical (unpaired) electrons. The lowest BCUT2D eigenvalue weighted by molar-refractivity contribution is -0.164. The molecule has 1 amide bonds. The van der Waals surface area contributed by atoms with Crippen LogP contribution in [0.5, 0.6) is 0 Å². The molecule has 0 spiro atoms. The lowest BCUT2D eigenvalue weighted by atomic mass is 9.66. The van der Waals surface area contributed by atoms with Crippen molar-refractivity contribution in [2.24, 2.45) is 17.8 Å². The van der Waals surface area contributed by atoms with Gasteiger partial charge in [0.1, 0.15) is 23.9 Å². The number of Topliss-reactive ketones (excluding diaryl/α,β-unsaturated/α-hetero) is 1. The summed E-state index contributed by atoms with van der Waals surface area (Å²) >= 11 is 0. The van der Waals surface area contributed by atoms with E-state index in [1.54, 1.807) is 17.0 Å². The van der Waals surface area contributed by atoms with Gasteiger partial charge in [0.25, 0.3) is 10.1 Å². The smallest absolute Gasteiger partial charge is 0.356 e. The molecule has 6 rings (SSSR count). The van der Waals surface area contributed by atoms with E-state index in [1.807, 2.05) is 97.9 Å². The number of hydrogen-bond donors (Lipinski definition) is 0. The molecule has 1 aromatic heterocycles. The second-order valence-corrected chi connectivity index (χ2v) is 26.9. The van der Waals surface area contributed by atoms with Crippen LogP contribution < -0.4 is 15.9 Å². The third kappa shape index (κ3) is 8.95. The molecule has 2 unspecified atom stereocenters. The van der Waals surface area contributed by atoms with Crippen LogP contribution >= 0.6 is 6.89 Å². The normalized spacial score (nSPS) is 21.1. The highest BCUT2D eigenvalue weighted by Gasteiger charge is 2.61. The predicted molar refractivity (Wildman–Crippen MR) is 242 cm³/mol. The summed E-state index contributed by atoms with van der Waals surface area (Å²) in [6, 6.07) is 31.7. The molecule has 2 heterocycles. The molecule has 2 aliphatic rings. The summed E-state index contributed by atoms with van der Waals surface area (Å²) in [6.45, 7) is 13.0. The first-order valence-corrected chi connectivity index (χ1v) is 27.0. The molecule has 1 aliphatic heterocycles. The van der Waals surface area contributed by atoms with Crippen molar-refractivity contribution in [2.75, 3.05) is 12.9 Å². The highest BCUT2D eigenvalue weighted by atomic mass is 32.2. The van der Waals surface area contributed by atoms with E-state index in [0.29, 0.717) is 24.8 Å². The van der Waals surface area contributed by atoms with E-state index in [9.17, 15) is 8.42 Å². The van der Waals surface area contributed by atoms with Gasteiger partial charge in [-0.2, -0.15) is 8.42 Å². The van der Waals surface area contributed by atoms with E-state index < -0.39 is 67.3 Å². The number of carbonyl (C=O) groups excluding carboxylic acids is 3. The standard InChI is InChI=1S/C47H57N2O8PSSi/c1-9-32-55-46(52)45(58(35-20-13-10-14-21-35,36-22-15-11-16-23-36)37-24-17-12-18-25-37)49-41(40(44(49)51)33(2)57-60(7,8)47(3,4)5)38-26-19-27-39(42(38)50)43(56-59(6,53)54)34-28-30-48-31-29-34/h9-18,20-25,28-31,33,38-41,43H,1,19,26-27,32H2,2-8H3/t33-,38-,39?,40-,41-,43?/m1/s1. The number of likely N-dealkylation sites (tertiary alicyclic amines) is 1. The highest BCUT2D eigenvalue weighted by molar-refractivity contribution is 7.96. The molecule has 0 N–H and O–H groups in total. The fraction of sp³-hybridized carbons (Fsp3) is 0.383. The van der Waals surface area contributed by atoms with E-state index in [2.05, 4.69) is 45.4 Å². The molecule has 4 aromatic rings. The number of hydrogen-bond acceptors (Lipinski definition) is 9. The topological polar surface area (TPSA) is 129 Å². The average molecular weight is 869 g/mol. The molecule has 318 valence electrons. The van der Waals surface area contributed by atoms with Crippen molar-refractivity contribution < 1.29 is 36.1 Å². The van der Waals surface area contributed by atoms with E-state index in [4.69, 9.17) is 13.3 Å². The number of esters is 1. The molecule has 6 atom stereocenters. The average Bonchev–Trinajstić information content (AvgIpc) is 3.22. The third-order valence-corrected chi connectivity index (χ3v) is 21.7. The van der Waals surface area contributed by atoms with Gasteiger partial charge in [0.05, 0.1) is 24.3 Å². The predicted octanol–water partition coefficient (Wildman–Crippen LogP) is 7.17. The minimum absolute atomic E-state index is 0.109. The molecule has 13 heteroatoms. The van der Waals surface area contributed by atoms with E-state index in [1.165, 1.54) is 18.5 Å². The monoisotopic (exact) mass is 868 g/mol. The van der Waals surface area contributed by atoms with Gasteiger partial charge >= 0.3 is 5.97 Å². The summed E-state index contributed by atoms with van der Waals surface area (Å²) in [6.07, 6.45) is 5.12. The van der Waals surface area contributed by atoms with Crippen LogP contribution in [0.15, 0.2) is 128 Å². The van der Waals surface area contributed by atoms with Crippen LogP contribution in [-0.4, -0.2) is 74.7 Å². The van der Waals surface area contributed by atoms with Gasteiger partial charge < -0.3 is 14.1 Å². The zero-order chi connectivity index (χ0) is 43.5. The van der Waals surface area contributed by atoms with Crippen LogP contribution in [0, 0.1) is 17.8 Å². The van der Waals surface area contributed by atoms with Gasteiger partial charge in [-0.05, 0) is 71.5 Å². The fourth-order valence-electron chi connectivity index (χ4n) is 8.62. The Morgan fingerprint density at radius 3 is 1.88 bits per heavy atom. The summed E-state index contributed by atoms with van der Waals surface area (Å²) in [5.41, 5.74) is 0.663. The van der Waals surface area contributed by atoms with E-state index >= 15 is 14.4 Å². The Morgan fingerprint density at radius 1 is 0.900 bits per heavy atom. The first-order valence-electron chi connectivity index (χ1n) is 20.5. The van der Waals surface area contributed by atoms with Crippen molar-refractivity contribution >= 4 is 64.3 Å². The number of benzene rings is 3. The number of β-lactam (4-membered cyclic amide) rings is 1. The van der Waals surface area contributed by atoms with Crippen LogP contribution in [-0.2, 0) is 37.8 Å². The third-order valence-electron chi connectivity index (χ3n) is 12.3. The minimum atomic E-state index is -4.02. The largest absolute Gasteiger partial charge is 0.457 e. The zero-order valence-corrected chi connectivity index (χ0v) is 38.3. The van der Waals surface area contributed by atoms with Gasteiger partial charge in [-0.15, -0.1) is 0 Å². The Labute approximate surface area is 356 Å². The molecule has 60 heavy (non-hydrogen) atoms. The first-order chi connectivity index (χ1) is 28.4. The quantitative estimate of drug-likeness (QED) is 0.0305. The van der Waals surface area contributed by atoms with Crippen molar-refractivity contribution in [3.63, 3.8) is 0 Å². The summed E-state index contributed by atoms with van der Waals surface area (Å²) in [5, 5.41) is 2.28. The molecule has 3 aromatic carbocycles. The SMILES string of the molecule is C=CCOC(=O)C(N1C(=O)[C@H]([C@@H](C)O[Si](C)(C)C(C)(C)C)[C@H]1[C@H]1CCCC(C(OS(C)(=O)=O)c2ccncc2)C1=O)=P(c1ccccc1)(c1ccccc1)c1ccccc1. The number of rotatable bonds is 15. The molecule has 1 saturated carbocycles. The lowest BCUT2D eigenvalue weighted by Gasteiger charge is -2.56. The molecule has 0 bridgehead atoms. The molecular weight excluding hydrogens is 812 g/mol. The summed E-state index contributed by atoms with van der Waals surface area (Å²) in [5.74, 6) is -3.75. The summed E-state index contributed by atoms with van der Waals surface area (Å²) in [4.78, 5) is 51.8. The Kier molecular flexibility index (Phi) is 13.7. The molecule has 1 aliphatic carbocycles. The highest BCUT2D eigenvalue weighted by Crippen LogP contribution is 2.53. The number of aromatic nitrogens is 1. The van der Waals surface area contributed by atoms with Crippen molar-refractivity contribution in [1.29, 1.82) is 0 Å². The van der Waals surface area contributed by atoms with Crippen molar-refractivity contribution in [1.82, 2.24) is 9.88 Å². The van der Waals surface area contributed by atoms with Crippen molar-refractivity contribution in [3.8, 4) is 0 Å². The second-order valence-electron chi connectivity index (χ2n) is 17.2. The molecule has 1 saturated heterocycles. The molecule has 2 fully saturated rings. The maximum absolute atomic E-state index is 15.5. The molecule has 10 nitrogen and oxygen atoms in total. The van der Waals surface area contributed by atoms with Crippen molar-refractivity contribution in [2.45, 2.75) is 83.3 Å². The summed E-state index contributed by atoms with van der Waals surface area (Å²) in [7, 11) is -6.49. The zero-order valence-electron chi connectivity index (χ0n) is 35.6. The van der Waals surface area contributed by atoms with Gasteiger partial charge in [-0.1, -0.05) is 131 Å². The Morgan fingerprint density at radius 2 is 1.42 bits per heavy atom. The van der Waals surface area contributed by atoms with Gasteiger partial charge in [0, 0.05) is 31.1 Å². The minimum Gasteiger partial charge on any atom is -0.457 e. The van der Waals surface area contributed by atoms with Gasteiger partial charge in [0.15, 0.2) is 8.32 Å². The number of amides is 1. The van der Waals surface area contributed by atoms with Crippen LogP contribution in [0.4, 0.5) is 0 Å². The Balaban J connectivity index is 1.66. The van der Waals surface area contributed by atoms with Gasteiger partial charge in [0.2, 0.25) is 5.91 Å². The molecular formula is C47H57N2O8PSSi. The Bertz CT molecular complexity index is 2230. The maximum Gasteiger partial charge on any atom is 0.356 e. The van der Waals surface area contributed by atoms with Crippen LogP contribution in [0.25, 0.3) is 0 Å². The number of carbonyl (C=O) groups is 3. The second kappa shape index (κ2) is 18.3. The van der Waals surface area contributed by atoms with Crippen LogP contribution in [0.3, 0.4) is 0 Å². The number of pyridine rings is 1. The fourth-order valence-corrected chi connectivity index (χ4v) is 15.1. The Hall–Kier alpha value is -4.45.